The first-order valence-corrected chi connectivity index (χ1v) is 6.06. The molecule has 2 rings (SSSR count). The average Bonchev–Trinajstić information content (AvgIpc) is 2.83. The molecule has 0 saturated heterocycles. The number of aliphatic hydroxyl groups excluding tert-OH is 1. The van der Waals surface area contributed by atoms with E-state index in [4.69, 9.17) is 4.42 Å². The second kappa shape index (κ2) is 4.94. The topological polar surface area (TPSA) is 33.4 Å². The predicted octanol–water partition coefficient (Wildman–Crippen LogP) is 3.68. The van der Waals surface area contributed by atoms with Gasteiger partial charge in [-0.05, 0) is 42.7 Å². The molecule has 0 aliphatic heterocycles. The molecule has 2 aromatic rings. The monoisotopic (exact) mass is 248 g/mol. The van der Waals surface area contributed by atoms with E-state index in [0.717, 1.165) is 12.2 Å². The van der Waals surface area contributed by atoms with Crippen LogP contribution < -0.4 is 0 Å². The van der Waals surface area contributed by atoms with Gasteiger partial charge in [-0.25, -0.2) is 4.39 Å². The van der Waals surface area contributed by atoms with Crippen molar-refractivity contribution in [3.05, 3.63) is 58.3 Å². The van der Waals surface area contributed by atoms with Crippen LogP contribution in [0.4, 0.5) is 4.39 Å². The maximum absolute atomic E-state index is 13.5. The SMILES string of the molecule is CCc1ccc(C(O)c2cc(C)c(F)c(C)c2)o1. The highest BCUT2D eigenvalue weighted by Crippen LogP contribution is 2.26. The molecule has 0 saturated carbocycles. The number of aryl methyl sites for hydroxylation is 3. The van der Waals surface area contributed by atoms with Crippen LogP contribution in [0.3, 0.4) is 0 Å². The Balaban J connectivity index is 2.36. The molecule has 96 valence electrons. The van der Waals surface area contributed by atoms with Crippen LogP contribution in [0.5, 0.6) is 0 Å². The number of halogens is 1. The van der Waals surface area contributed by atoms with Crippen LogP contribution in [-0.2, 0) is 6.42 Å². The number of furan rings is 1. The normalized spacial score (nSPS) is 12.7. The number of aliphatic hydroxyl groups is 1. The zero-order chi connectivity index (χ0) is 13.3. The van der Waals surface area contributed by atoms with Crippen molar-refractivity contribution in [2.45, 2.75) is 33.3 Å². The third kappa shape index (κ3) is 2.31. The zero-order valence-corrected chi connectivity index (χ0v) is 10.8. The van der Waals surface area contributed by atoms with Crippen molar-refractivity contribution in [2.24, 2.45) is 0 Å². The largest absolute Gasteiger partial charge is 0.463 e. The fourth-order valence-corrected chi connectivity index (χ4v) is 2.03. The summed E-state index contributed by atoms with van der Waals surface area (Å²) in [6.45, 7) is 5.37. The van der Waals surface area contributed by atoms with E-state index < -0.39 is 6.10 Å². The number of rotatable bonds is 3. The Morgan fingerprint density at radius 3 is 2.33 bits per heavy atom. The van der Waals surface area contributed by atoms with Crippen molar-refractivity contribution in [3.63, 3.8) is 0 Å². The molecule has 0 bridgehead atoms. The fourth-order valence-electron chi connectivity index (χ4n) is 2.03. The second-order valence-corrected chi connectivity index (χ2v) is 4.53. The van der Waals surface area contributed by atoms with E-state index in [1.807, 2.05) is 13.0 Å². The molecule has 0 aliphatic rings. The molecule has 1 aromatic carbocycles. The van der Waals surface area contributed by atoms with E-state index in [1.165, 1.54) is 0 Å². The van der Waals surface area contributed by atoms with Crippen molar-refractivity contribution >= 4 is 0 Å². The lowest BCUT2D eigenvalue weighted by Gasteiger charge is -2.11. The fraction of sp³-hybridized carbons (Fsp3) is 0.333. The third-order valence-electron chi connectivity index (χ3n) is 3.07. The molecular formula is C15H17FO2. The molecule has 1 atom stereocenters. The minimum atomic E-state index is -0.844. The molecule has 0 spiro atoms. The van der Waals surface area contributed by atoms with Crippen LogP contribution >= 0.6 is 0 Å². The summed E-state index contributed by atoms with van der Waals surface area (Å²) in [6.07, 6.45) is -0.0583. The van der Waals surface area contributed by atoms with Crippen molar-refractivity contribution in [3.8, 4) is 0 Å². The van der Waals surface area contributed by atoms with E-state index in [2.05, 4.69) is 0 Å². The highest BCUT2D eigenvalue weighted by molar-refractivity contribution is 5.34. The van der Waals surface area contributed by atoms with Gasteiger partial charge in [-0.15, -0.1) is 0 Å². The zero-order valence-electron chi connectivity index (χ0n) is 10.8. The molecule has 1 N–H and O–H groups in total. The molecule has 1 unspecified atom stereocenters. The van der Waals surface area contributed by atoms with Gasteiger partial charge in [0.2, 0.25) is 0 Å². The van der Waals surface area contributed by atoms with E-state index in [-0.39, 0.29) is 5.82 Å². The van der Waals surface area contributed by atoms with Gasteiger partial charge in [-0.1, -0.05) is 19.1 Å². The van der Waals surface area contributed by atoms with Crippen LogP contribution in [-0.4, -0.2) is 5.11 Å². The molecule has 3 heteroatoms. The summed E-state index contributed by atoms with van der Waals surface area (Å²) in [6, 6.07) is 6.92. The number of benzene rings is 1. The van der Waals surface area contributed by atoms with Crippen LogP contribution in [0.25, 0.3) is 0 Å². The van der Waals surface area contributed by atoms with Crippen molar-refractivity contribution < 1.29 is 13.9 Å². The van der Waals surface area contributed by atoms with Gasteiger partial charge < -0.3 is 9.52 Å². The molecule has 2 nitrogen and oxygen atoms in total. The van der Waals surface area contributed by atoms with Crippen molar-refractivity contribution in [1.29, 1.82) is 0 Å². The highest BCUT2D eigenvalue weighted by Gasteiger charge is 2.16. The lowest BCUT2D eigenvalue weighted by Crippen LogP contribution is -2.01. The van der Waals surface area contributed by atoms with Crippen molar-refractivity contribution in [2.75, 3.05) is 0 Å². The first-order chi connectivity index (χ1) is 8.52. The Morgan fingerprint density at radius 2 is 1.83 bits per heavy atom. The summed E-state index contributed by atoms with van der Waals surface area (Å²) in [5.41, 5.74) is 1.72. The molecule has 0 aliphatic carbocycles. The van der Waals surface area contributed by atoms with Gasteiger partial charge in [-0.3, -0.25) is 0 Å². The van der Waals surface area contributed by atoms with Gasteiger partial charge in [-0.2, -0.15) is 0 Å². The Kier molecular flexibility index (Phi) is 3.53. The van der Waals surface area contributed by atoms with Gasteiger partial charge in [0.15, 0.2) is 0 Å². The van der Waals surface area contributed by atoms with E-state index in [0.29, 0.717) is 22.5 Å². The summed E-state index contributed by atoms with van der Waals surface area (Å²) < 4.78 is 19.0. The smallest absolute Gasteiger partial charge is 0.137 e. The summed E-state index contributed by atoms with van der Waals surface area (Å²) in [7, 11) is 0. The lowest BCUT2D eigenvalue weighted by molar-refractivity contribution is 0.186. The Bertz CT molecular complexity index is 534. The molecule has 0 amide bonds. The van der Waals surface area contributed by atoms with E-state index >= 15 is 0 Å². The van der Waals surface area contributed by atoms with Gasteiger partial charge in [0.05, 0.1) is 0 Å². The van der Waals surface area contributed by atoms with Crippen LogP contribution in [0.2, 0.25) is 0 Å². The maximum atomic E-state index is 13.5. The van der Waals surface area contributed by atoms with Crippen LogP contribution in [0, 0.1) is 19.7 Å². The Hall–Kier alpha value is -1.61. The van der Waals surface area contributed by atoms with Gasteiger partial charge in [0, 0.05) is 6.42 Å². The minimum absolute atomic E-state index is 0.223. The average molecular weight is 248 g/mol. The van der Waals surface area contributed by atoms with Crippen molar-refractivity contribution in [1.82, 2.24) is 0 Å². The first-order valence-electron chi connectivity index (χ1n) is 6.06. The molecule has 1 aromatic heterocycles. The van der Waals surface area contributed by atoms with Gasteiger partial charge in [0.25, 0.3) is 0 Å². The van der Waals surface area contributed by atoms with E-state index in [1.54, 1.807) is 32.0 Å². The molecular weight excluding hydrogens is 231 g/mol. The van der Waals surface area contributed by atoms with Gasteiger partial charge >= 0.3 is 0 Å². The summed E-state index contributed by atoms with van der Waals surface area (Å²) >= 11 is 0. The van der Waals surface area contributed by atoms with Crippen LogP contribution in [0.1, 0.15) is 41.2 Å². The molecule has 1 heterocycles. The standard InChI is InChI=1S/C15H17FO2/c1-4-12-5-6-13(18-12)15(17)11-7-9(2)14(16)10(3)8-11/h5-8,15,17H,4H2,1-3H3. The molecule has 0 fully saturated rings. The Morgan fingerprint density at radius 1 is 1.22 bits per heavy atom. The number of hydrogen-bond acceptors (Lipinski definition) is 2. The molecule has 0 radical (unpaired) electrons. The predicted molar refractivity (Wildman–Crippen MR) is 68.0 cm³/mol. The molecule has 18 heavy (non-hydrogen) atoms. The van der Waals surface area contributed by atoms with Crippen LogP contribution in [0.15, 0.2) is 28.7 Å². The highest BCUT2D eigenvalue weighted by atomic mass is 19.1. The number of hydrogen-bond donors (Lipinski definition) is 1. The summed E-state index contributed by atoms with van der Waals surface area (Å²) in [5, 5.41) is 10.2. The minimum Gasteiger partial charge on any atom is -0.463 e. The first kappa shape index (κ1) is 12.8. The lowest BCUT2D eigenvalue weighted by atomic mass is 10.0. The Labute approximate surface area is 106 Å². The second-order valence-electron chi connectivity index (χ2n) is 4.53. The summed E-state index contributed by atoms with van der Waals surface area (Å²) in [5.74, 6) is 1.11. The van der Waals surface area contributed by atoms with E-state index in [9.17, 15) is 9.50 Å². The summed E-state index contributed by atoms with van der Waals surface area (Å²) in [4.78, 5) is 0. The third-order valence-corrected chi connectivity index (χ3v) is 3.07. The maximum Gasteiger partial charge on any atom is 0.137 e. The quantitative estimate of drug-likeness (QED) is 0.898. The van der Waals surface area contributed by atoms with Gasteiger partial charge in [0.1, 0.15) is 23.4 Å².